The Morgan fingerprint density at radius 3 is 2.93 bits per heavy atom. The Kier molecular flexibility index (Phi) is 4.69. The quantitative estimate of drug-likeness (QED) is 0.806. The fraction of sp³-hybridized carbons (Fsp3) is 0.400. The second-order valence-electron chi connectivity index (χ2n) is 3.11. The van der Waals surface area contributed by atoms with Gasteiger partial charge in [-0.1, -0.05) is 23.7 Å². The number of hydrogen-bond donors (Lipinski definition) is 1. The van der Waals surface area contributed by atoms with Crippen LogP contribution in [0.3, 0.4) is 0 Å². The van der Waals surface area contributed by atoms with Gasteiger partial charge in [0.2, 0.25) is 0 Å². The molecule has 1 atom stereocenters. The Morgan fingerprint density at radius 2 is 2.29 bits per heavy atom. The fourth-order valence-electron chi connectivity index (χ4n) is 1.45. The Hall–Kier alpha value is -0.280. The number of nitrogens with one attached hydrogen (secondary N) is 1. The zero-order chi connectivity index (χ0) is 9.10. The van der Waals surface area contributed by atoms with Crippen molar-refractivity contribution >= 4 is 24.0 Å². The Bertz CT molecular complexity index is 287. The van der Waals surface area contributed by atoms with Crippen LogP contribution in [0.5, 0.6) is 0 Å². The van der Waals surface area contributed by atoms with E-state index in [0.717, 1.165) is 30.2 Å². The molecule has 0 radical (unpaired) electrons. The van der Waals surface area contributed by atoms with E-state index in [1.165, 1.54) is 0 Å². The average molecular weight is 234 g/mol. The van der Waals surface area contributed by atoms with E-state index in [2.05, 4.69) is 5.32 Å². The molecule has 0 aromatic heterocycles. The maximum atomic E-state index is 5.88. The number of benzene rings is 1. The largest absolute Gasteiger partial charge is 0.359 e. The van der Waals surface area contributed by atoms with E-state index in [9.17, 15) is 0 Å². The van der Waals surface area contributed by atoms with Crippen molar-refractivity contribution in [1.82, 2.24) is 5.32 Å². The highest BCUT2D eigenvalue weighted by Crippen LogP contribution is 2.20. The van der Waals surface area contributed by atoms with Crippen LogP contribution in [0.4, 0.5) is 0 Å². The molecule has 0 aliphatic carbocycles. The average Bonchev–Trinajstić information content (AvgIpc) is 2.19. The lowest BCUT2D eigenvalue weighted by Crippen LogP contribution is -2.31. The molecule has 2 nitrogen and oxygen atoms in total. The molecule has 1 fully saturated rings. The fourth-order valence-corrected chi connectivity index (χ4v) is 1.65. The van der Waals surface area contributed by atoms with Crippen molar-refractivity contribution in [1.29, 1.82) is 0 Å². The summed E-state index contributed by atoms with van der Waals surface area (Å²) in [6, 6.07) is 7.77. The minimum atomic E-state index is 0. The van der Waals surface area contributed by atoms with Crippen molar-refractivity contribution in [3.05, 3.63) is 34.9 Å². The van der Waals surface area contributed by atoms with Crippen molar-refractivity contribution in [3.8, 4) is 0 Å². The van der Waals surface area contributed by atoms with Crippen molar-refractivity contribution in [3.63, 3.8) is 0 Å². The van der Waals surface area contributed by atoms with Gasteiger partial charge >= 0.3 is 0 Å². The van der Waals surface area contributed by atoms with Gasteiger partial charge in [0.15, 0.2) is 0 Å². The lowest BCUT2D eigenvalue weighted by molar-refractivity contribution is -0.000307. The second kappa shape index (κ2) is 5.56. The van der Waals surface area contributed by atoms with E-state index in [1.807, 2.05) is 24.3 Å². The summed E-state index contributed by atoms with van der Waals surface area (Å²) in [5.41, 5.74) is 1.10. The van der Waals surface area contributed by atoms with Crippen LogP contribution >= 0.6 is 24.0 Å². The first kappa shape index (κ1) is 11.8. The van der Waals surface area contributed by atoms with Gasteiger partial charge in [-0.3, -0.25) is 5.32 Å². The van der Waals surface area contributed by atoms with Crippen molar-refractivity contribution < 1.29 is 4.74 Å². The molecular formula is C10H13Cl2NO. The topological polar surface area (TPSA) is 21.3 Å². The molecule has 1 heterocycles. The van der Waals surface area contributed by atoms with Gasteiger partial charge in [0.1, 0.15) is 6.23 Å². The third-order valence-corrected chi connectivity index (χ3v) is 2.32. The highest BCUT2D eigenvalue weighted by atomic mass is 35.5. The molecule has 1 aliphatic rings. The molecule has 1 aromatic carbocycles. The van der Waals surface area contributed by atoms with Crippen molar-refractivity contribution in [2.24, 2.45) is 0 Å². The molecule has 4 heteroatoms. The van der Waals surface area contributed by atoms with E-state index in [1.54, 1.807) is 0 Å². The summed E-state index contributed by atoms with van der Waals surface area (Å²) in [5.74, 6) is 0. The summed E-state index contributed by atoms with van der Waals surface area (Å²) in [5, 5.41) is 4.04. The summed E-state index contributed by atoms with van der Waals surface area (Å²) in [4.78, 5) is 0. The Morgan fingerprint density at radius 1 is 1.43 bits per heavy atom. The Balaban J connectivity index is 0.000000980. The molecule has 0 spiro atoms. The number of halogens is 2. The van der Waals surface area contributed by atoms with E-state index in [4.69, 9.17) is 16.3 Å². The molecule has 0 amide bonds. The summed E-state index contributed by atoms with van der Waals surface area (Å²) in [6.07, 6.45) is 1.10. The molecule has 1 aromatic rings. The molecule has 0 bridgehead atoms. The van der Waals surface area contributed by atoms with Crippen molar-refractivity contribution in [2.45, 2.75) is 12.6 Å². The smallest absolute Gasteiger partial charge is 0.134 e. The maximum absolute atomic E-state index is 5.88. The minimum Gasteiger partial charge on any atom is -0.359 e. The van der Waals surface area contributed by atoms with Gasteiger partial charge in [0, 0.05) is 11.6 Å². The van der Waals surface area contributed by atoms with Gasteiger partial charge < -0.3 is 4.74 Å². The lowest BCUT2D eigenvalue weighted by Gasteiger charge is -2.24. The van der Waals surface area contributed by atoms with Gasteiger partial charge in [-0.05, 0) is 24.1 Å². The van der Waals surface area contributed by atoms with Crippen LogP contribution in [0, 0.1) is 0 Å². The normalized spacial score (nSPS) is 21.4. The van der Waals surface area contributed by atoms with Gasteiger partial charge in [-0.15, -0.1) is 12.4 Å². The first-order valence-corrected chi connectivity index (χ1v) is 4.84. The summed E-state index contributed by atoms with van der Waals surface area (Å²) < 4.78 is 5.55. The third kappa shape index (κ3) is 2.85. The standard InChI is InChI=1S/C10H12ClNO.ClH/c11-9-4-1-3-8(7-9)10-12-5-2-6-13-10;/h1,3-4,7,10,12H,2,5-6H2;1H. The first-order chi connectivity index (χ1) is 6.36. The molecule has 14 heavy (non-hydrogen) atoms. The maximum Gasteiger partial charge on any atom is 0.134 e. The van der Waals surface area contributed by atoms with E-state index < -0.39 is 0 Å². The molecule has 1 saturated heterocycles. The van der Waals surface area contributed by atoms with E-state index >= 15 is 0 Å². The molecule has 0 saturated carbocycles. The molecular weight excluding hydrogens is 221 g/mol. The predicted octanol–water partition coefficient (Wildman–Crippen LogP) is 2.77. The van der Waals surface area contributed by atoms with Crippen LogP contribution in [-0.4, -0.2) is 13.2 Å². The predicted molar refractivity (Wildman–Crippen MR) is 60.0 cm³/mol. The van der Waals surface area contributed by atoms with E-state index in [0.29, 0.717) is 0 Å². The second-order valence-corrected chi connectivity index (χ2v) is 3.55. The summed E-state index contributed by atoms with van der Waals surface area (Å²) in [6.45, 7) is 1.83. The van der Waals surface area contributed by atoms with Crippen LogP contribution in [0.15, 0.2) is 24.3 Å². The zero-order valence-corrected chi connectivity index (χ0v) is 9.27. The number of ether oxygens (including phenoxy) is 1. The monoisotopic (exact) mass is 233 g/mol. The SMILES string of the molecule is Cl.Clc1cccc(C2NCCCO2)c1. The number of hydrogen-bond acceptors (Lipinski definition) is 2. The zero-order valence-electron chi connectivity index (χ0n) is 7.70. The first-order valence-electron chi connectivity index (χ1n) is 4.47. The van der Waals surface area contributed by atoms with E-state index in [-0.39, 0.29) is 18.6 Å². The molecule has 2 rings (SSSR count). The summed E-state index contributed by atoms with van der Waals surface area (Å²) in [7, 11) is 0. The molecule has 1 unspecified atom stereocenters. The lowest BCUT2D eigenvalue weighted by atomic mass is 10.2. The van der Waals surface area contributed by atoms with Crippen molar-refractivity contribution in [2.75, 3.05) is 13.2 Å². The highest BCUT2D eigenvalue weighted by molar-refractivity contribution is 6.30. The van der Waals surface area contributed by atoms with Crippen LogP contribution in [0.1, 0.15) is 18.2 Å². The summed E-state index contributed by atoms with van der Waals surface area (Å²) >= 11 is 5.88. The van der Waals surface area contributed by atoms with Crippen LogP contribution in [-0.2, 0) is 4.74 Å². The molecule has 1 aliphatic heterocycles. The molecule has 78 valence electrons. The number of rotatable bonds is 1. The molecule has 1 N–H and O–H groups in total. The van der Waals surface area contributed by atoms with Crippen LogP contribution in [0.2, 0.25) is 5.02 Å². The van der Waals surface area contributed by atoms with Crippen LogP contribution in [0.25, 0.3) is 0 Å². The highest BCUT2D eigenvalue weighted by Gasteiger charge is 2.14. The van der Waals surface area contributed by atoms with Gasteiger partial charge in [-0.25, -0.2) is 0 Å². The third-order valence-electron chi connectivity index (χ3n) is 2.09. The minimum absolute atomic E-state index is 0. The van der Waals surface area contributed by atoms with Gasteiger partial charge in [-0.2, -0.15) is 0 Å². The van der Waals surface area contributed by atoms with Crippen LogP contribution < -0.4 is 5.32 Å². The van der Waals surface area contributed by atoms with Gasteiger partial charge in [0.25, 0.3) is 0 Å². The van der Waals surface area contributed by atoms with Gasteiger partial charge in [0.05, 0.1) is 6.61 Å². The Labute approximate surface area is 95.0 Å².